The van der Waals surface area contributed by atoms with Crippen molar-refractivity contribution >= 4 is 39.3 Å². The van der Waals surface area contributed by atoms with Crippen molar-refractivity contribution in [3.05, 3.63) is 71.8 Å². The second-order valence-electron chi connectivity index (χ2n) is 16.4. The Kier molecular flexibility index (Phi) is 15.1. The molecule has 0 saturated carbocycles. The smallest absolute Gasteiger partial charge is 0.243 e. The highest BCUT2D eigenvalue weighted by Gasteiger charge is 2.50. The number of epoxide rings is 1. The van der Waals surface area contributed by atoms with E-state index in [1.54, 1.807) is 19.4 Å². The van der Waals surface area contributed by atoms with Gasteiger partial charge in [-0.15, -0.1) is 9.93 Å². The van der Waals surface area contributed by atoms with E-state index >= 15 is 0 Å². The van der Waals surface area contributed by atoms with Crippen molar-refractivity contribution in [3.8, 4) is 0 Å². The molecule has 2 aliphatic rings. The summed E-state index contributed by atoms with van der Waals surface area (Å²) in [6.45, 7) is 11.0. The molecule has 4 amide bonds. The maximum Gasteiger partial charge on any atom is 0.243 e. The minimum absolute atomic E-state index is 0.000364. The number of hydrogen-bond acceptors (Lipinski definition) is 8. The molecule has 298 valence electrons. The summed E-state index contributed by atoms with van der Waals surface area (Å²) in [5.41, 5.74) is 0.876. The topological polar surface area (TPSA) is 166 Å². The van der Waals surface area contributed by atoms with Crippen molar-refractivity contribution in [3.63, 3.8) is 0 Å². The van der Waals surface area contributed by atoms with Gasteiger partial charge in [0.15, 0.2) is 5.78 Å². The van der Waals surface area contributed by atoms with Gasteiger partial charge in [-0.05, 0) is 68.1 Å². The summed E-state index contributed by atoms with van der Waals surface area (Å²) in [4.78, 5) is 70.6. The minimum Gasteiger partial charge on any atom is -0.361 e. The maximum atomic E-state index is 14.1. The number of hydrogen-bond donors (Lipinski definition) is 5. The number of likely N-dealkylation sites (tertiary alicyclic amines) is 1. The molecule has 0 bridgehead atoms. The second-order valence-corrected chi connectivity index (χ2v) is 20.0. The number of amides is 4. The summed E-state index contributed by atoms with van der Waals surface area (Å²) in [6, 6.07) is 15.1. The van der Waals surface area contributed by atoms with Crippen molar-refractivity contribution in [1.82, 2.24) is 26.2 Å². The Labute approximate surface area is 321 Å². The molecule has 2 aromatic carbocycles. The lowest BCUT2D eigenvalue weighted by Crippen LogP contribution is -2.60. The minimum atomic E-state index is -2.25. The molecule has 0 spiro atoms. The summed E-state index contributed by atoms with van der Waals surface area (Å²) < 4.78 is 17.8. The first-order chi connectivity index (χ1) is 25.4. The van der Waals surface area contributed by atoms with Crippen LogP contribution in [0.4, 0.5) is 0 Å². The molecule has 2 saturated heterocycles. The Bertz CT molecular complexity index is 1640. The Balaban J connectivity index is 1.50. The summed E-state index contributed by atoms with van der Waals surface area (Å²) in [5.74, 6) is -1.97. The summed E-state index contributed by atoms with van der Waals surface area (Å²) in [7, 11) is -2.25. The quantitative estimate of drug-likeness (QED) is 0.0954. The number of benzene rings is 2. The van der Waals surface area contributed by atoms with Gasteiger partial charge in [0.25, 0.3) is 0 Å². The molecule has 2 aliphatic heterocycles. The molecule has 13 heteroatoms. The van der Waals surface area contributed by atoms with Crippen LogP contribution in [0.5, 0.6) is 0 Å². The molecule has 0 aliphatic carbocycles. The van der Waals surface area contributed by atoms with Gasteiger partial charge in [-0.25, -0.2) is 0 Å². The average Bonchev–Trinajstić information content (AvgIpc) is 3.84. The fraction of sp³-hybridized carbons (Fsp3) is 0.585. The van der Waals surface area contributed by atoms with Crippen molar-refractivity contribution in [2.45, 2.75) is 102 Å². The van der Waals surface area contributed by atoms with Crippen LogP contribution in [0.1, 0.15) is 65.0 Å². The molecule has 4 rings (SSSR count). The van der Waals surface area contributed by atoms with Gasteiger partial charge in [0.2, 0.25) is 23.6 Å². The third-order valence-corrected chi connectivity index (χ3v) is 12.2. The second kappa shape index (κ2) is 19.1. The van der Waals surface area contributed by atoms with Crippen LogP contribution < -0.4 is 21.3 Å². The van der Waals surface area contributed by atoms with Crippen molar-refractivity contribution < 1.29 is 32.9 Å². The van der Waals surface area contributed by atoms with Gasteiger partial charge in [-0.1, -0.05) is 88.4 Å². The van der Waals surface area contributed by atoms with E-state index < -0.39 is 57.4 Å². The molecule has 0 radical (unpaired) electrons. The van der Waals surface area contributed by atoms with Gasteiger partial charge < -0.3 is 26.0 Å². The van der Waals surface area contributed by atoms with E-state index in [9.17, 15) is 28.2 Å². The Morgan fingerprint density at radius 1 is 0.741 bits per heavy atom. The number of rotatable bonds is 21. The summed E-state index contributed by atoms with van der Waals surface area (Å²) in [6.07, 6.45) is 5.18. The van der Waals surface area contributed by atoms with Gasteiger partial charge in [-0.3, -0.25) is 33.1 Å². The van der Waals surface area contributed by atoms with Crippen LogP contribution in [0.2, 0.25) is 0 Å². The van der Waals surface area contributed by atoms with Gasteiger partial charge in [0.05, 0.1) is 19.2 Å². The van der Waals surface area contributed by atoms with Crippen LogP contribution in [0.25, 0.3) is 0 Å². The highest BCUT2D eigenvalue weighted by atomic mass is 32.2. The van der Waals surface area contributed by atoms with Gasteiger partial charge >= 0.3 is 0 Å². The van der Waals surface area contributed by atoms with E-state index in [2.05, 4.69) is 21.3 Å². The molecular formula is C41H61N5O7S. The zero-order chi connectivity index (χ0) is 39.6. The first-order valence-corrected chi connectivity index (χ1v) is 21.8. The number of Topliss-reactive ketones (excluding diaryl/α,β-unsaturated/α-hetero) is 1. The fourth-order valence-corrected chi connectivity index (χ4v) is 7.88. The van der Waals surface area contributed by atoms with E-state index in [4.69, 9.17) is 4.74 Å². The van der Waals surface area contributed by atoms with Gasteiger partial charge in [-0.2, -0.15) is 0 Å². The maximum absolute atomic E-state index is 14.1. The number of carbonyl (C=O) groups is 5. The molecule has 2 heterocycles. The van der Waals surface area contributed by atoms with E-state index in [-0.39, 0.29) is 48.2 Å². The lowest BCUT2D eigenvalue weighted by Gasteiger charge is -2.42. The van der Waals surface area contributed by atoms with Crippen molar-refractivity contribution in [2.24, 2.45) is 11.8 Å². The fourth-order valence-electron chi connectivity index (χ4n) is 6.63. The third kappa shape index (κ3) is 13.1. The molecule has 0 unspecified atom stereocenters. The van der Waals surface area contributed by atoms with Crippen LogP contribution in [-0.4, -0.2) is 112 Å². The summed E-state index contributed by atoms with van der Waals surface area (Å²) >= 11 is 0. The first-order valence-electron chi connectivity index (χ1n) is 19.2. The first kappa shape index (κ1) is 42.8. The SMILES string of the molecule is CC(C)C[C@H](NC(=O)[C@H](CCc1ccccc1)NC(=O)CN1CC([SH](C)(C)=O)C1)C(=O)N[C@@H](Cc1ccccc1)C(=O)N[C@@H](CC(C)C)C(=O)[C@@]1(C)CO1. The highest BCUT2D eigenvalue weighted by Crippen LogP contribution is 2.30. The number of thiol groups is 1. The third-order valence-electron chi connectivity index (χ3n) is 10.1. The van der Waals surface area contributed by atoms with Gasteiger partial charge in [0.1, 0.15) is 23.7 Å². The largest absolute Gasteiger partial charge is 0.361 e. The zero-order valence-electron chi connectivity index (χ0n) is 32.9. The molecule has 12 nitrogen and oxygen atoms in total. The Morgan fingerprint density at radius 2 is 1.22 bits per heavy atom. The molecular weight excluding hydrogens is 707 g/mol. The Morgan fingerprint density at radius 3 is 1.76 bits per heavy atom. The van der Waals surface area contributed by atoms with Crippen LogP contribution in [0.15, 0.2) is 60.7 Å². The van der Waals surface area contributed by atoms with E-state index in [1.165, 1.54) is 0 Å². The van der Waals surface area contributed by atoms with Crippen molar-refractivity contribution in [1.29, 1.82) is 0 Å². The number of nitrogens with zero attached hydrogens (tertiary/aromatic N) is 1. The number of nitrogens with one attached hydrogen (secondary N) is 4. The van der Waals surface area contributed by atoms with E-state index in [1.807, 2.05) is 93.3 Å². The van der Waals surface area contributed by atoms with E-state index in [0.29, 0.717) is 39.0 Å². The zero-order valence-corrected chi connectivity index (χ0v) is 33.8. The predicted molar refractivity (Wildman–Crippen MR) is 213 cm³/mol. The van der Waals surface area contributed by atoms with E-state index in [0.717, 1.165) is 11.1 Å². The lowest BCUT2D eigenvalue weighted by molar-refractivity contribution is -0.135. The number of aryl methyl sites for hydroxylation is 1. The molecule has 2 fully saturated rings. The molecule has 54 heavy (non-hydrogen) atoms. The van der Waals surface area contributed by atoms with Crippen LogP contribution >= 0.6 is 0 Å². The lowest BCUT2D eigenvalue weighted by atomic mass is 9.93. The van der Waals surface area contributed by atoms with Crippen molar-refractivity contribution in [2.75, 3.05) is 38.8 Å². The normalized spacial score (nSPS) is 19.9. The number of ketones is 1. The average molecular weight is 768 g/mol. The van der Waals surface area contributed by atoms with Crippen LogP contribution in [0, 0.1) is 11.8 Å². The Hall–Kier alpha value is -3.94. The number of carbonyl (C=O) groups excluding carboxylic acids is 5. The molecule has 2 aromatic rings. The molecule has 4 N–H and O–H groups in total. The van der Waals surface area contributed by atoms with Crippen LogP contribution in [0.3, 0.4) is 0 Å². The standard InChI is InChI=1S/C41H61N5O7S/c1-27(2)20-33(37(48)41(5)26-53-41)43-40(51)35(22-30-16-12-9-13-17-30)45-39(50)34(21-28(3)4)44-38(49)32(19-18-29-14-10-8-11-15-29)42-36(47)25-46-23-31(24-46)54(6,7)52/h8-17,27-28,31-35,54H,18-26H2,1-7H3,(H,42,47)(H,43,51)(H,44,49)(H,45,50)/t32-,33-,34-,35-,41+/m0/s1. The monoisotopic (exact) mass is 767 g/mol. The molecule has 0 aromatic heterocycles. The van der Waals surface area contributed by atoms with Crippen LogP contribution in [-0.2, 0) is 51.5 Å². The molecule has 5 atom stereocenters. The highest BCUT2D eigenvalue weighted by molar-refractivity contribution is 8.02. The number of ether oxygens (including phenoxy) is 1. The summed E-state index contributed by atoms with van der Waals surface area (Å²) in [5, 5.41) is 11.7. The predicted octanol–water partition coefficient (Wildman–Crippen LogP) is 2.21. The van der Waals surface area contributed by atoms with Gasteiger partial charge in [0, 0.05) is 24.8 Å².